The minimum Gasteiger partial charge on any atom is -0.491 e. The predicted molar refractivity (Wildman–Crippen MR) is 57.5 cm³/mol. The van der Waals surface area contributed by atoms with Crippen LogP contribution in [0.2, 0.25) is 5.02 Å². The molecule has 0 aliphatic rings. The molecule has 0 atom stereocenters. The number of thiol groups is 1. The van der Waals surface area contributed by atoms with E-state index < -0.39 is 4.92 Å². The van der Waals surface area contributed by atoms with Gasteiger partial charge in [-0.1, -0.05) is 11.6 Å². The third-order valence-electron chi connectivity index (χ3n) is 1.47. The number of benzene rings is 1. The van der Waals surface area contributed by atoms with E-state index in [2.05, 4.69) is 12.6 Å². The summed E-state index contributed by atoms with van der Waals surface area (Å²) in [6.07, 6.45) is 0. The lowest BCUT2D eigenvalue weighted by molar-refractivity contribution is -0.384. The Hall–Kier alpha value is -0.940. The van der Waals surface area contributed by atoms with E-state index >= 15 is 0 Å². The van der Waals surface area contributed by atoms with Gasteiger partial charge in [-0.3, -0.25) is 10.1 Å². The summed E-state index contributed by atoms with van der Waals surface area (Å²) in [6, 6.07) is 4.06. The molecule has 4 nitrogen and oxygen atoms in total. The molecule has 0 N–H and O–H groups in total. The molecule has 6 heteroatoms. The van der Waals surface area contributed by atoms with Crippen LogP contribution in [0.1, 0.15) is 0 Å². The Balaban J connectivity index is 2.90. The molecular weight excluding hydrogens is 226 g/mol. The Kier molecular flexibility index (Phi) is 4.03. The standard InChI is InChI=1S/C8H8ClNO3S/c9-7-2-1-6(10(11)12)5-8(7)13-3-4-14/h1-2,5,14H,3-4H2. The molecule has 0 unspecified atom stereocenters. The average Bonchev–Trinajstić information content (AvgIpc) is 2.16. The summed E-state index contributed by atoms with van der Waals surface area (Å²) in [5, 5.41) is 10.8. The molecule has 1 aromatic carbocycles. The third kappa shape index (κ3) is 2.78. The lowest BCUT2D eigenvalue weighted by Crippen LogP contribution is -1.99. The summed E-state index contributed by atoms with van der Waals surface area (Å²) >= 11 is 9.71. The Morgan fingerprint density at radius 1 is 1.57 bits per heavy atom. The van der Waals surface area contributed by atoms with Crippen LogP contribution in [0.25, 0.3) is 0 Å². The molecule has 0 amide bonds. The first-order chi connectivity index (χ1) is 6.65. The Morgan fingerprint density at radius 3 is 2.86 bits per heavy atom. The lowest BCUT2D eigenvalue weighted by Gasteiger charge is -2.05. The smallest absolute Gasteiger partial charge is 0.273 e. The van der Waals surface area contributed by atoms with Gasteiger partial charge in [-0.05, 0) is 6.07 Å². The van der Waals surface area contributed by atoms with Crippen LogP contribution in [0.4, 0.5) is 5.69 Å². The first-order valence-electron chi connectivity index (χ1n) is 3.82. The first kappa shape index (κ1) is 11.1. The van der Waals surface area contributed by atoms with Crippen molar-refractivity contribution in [2.24, 2.45) is 0 Å². The number of hydrogen-bond acceptors (Lipinski definition) is 4. The van der Waals surface area contributed by atoms with Gasteiger partial charge in [-0.15, -0.1) is 0 Å². The maximum atomic E-state index is 10.4. The molecule has 76 valence electrons. The van der Waals surface area contributed by atoms with E-state index in [-0.39, 0.29) is 5.69 Å². The van der Waals surface area contributed by atoms with Gasteiger partial charge in [0.25, 0.3) is 5.69 Å². The largest absolute Gasteiger partial charge is 0.491 e. The Labute approximate surface area is 91.4 Å². The molecule has 0 aliphatic heterocycles. The van der Waals surface area contributed by atoms with Gasteiger partial charge in [0, 0.05) is 11.8 Å². The van der Waals surface area contributed by atoms with Gasteiger partial charge >= 0.3 is 0 Å². The maximum Gasteiger partial charge on any atom is 0.273 e. The molecule has 0 bridgehead atoms. The molecule has 0 heterocycles. The molecule has 0 fully saturated rings. The van der Waals surface area contributed by atoms with Crippen LogP contribution in [-0.4, -0.2) is 17.3 Å². The highest BCUT2D eigenvalue weighted by molar-refractivity contribution is 7.80. The topological polar surface area (TPSA) is 52.4 Å². The van der Waals surface area contributed by atoms with Crippen molar-refractivity contribution in [1.29, 1.82) is 0 Å². The van der Waals surface area contributed by atoms with Gasteiger partial charge in [0.2, 0.25) is 0 Å². The second-order valence-electron chi connectivity index (χ2n) is 2.44. The van der Waals surface area contributed by atoms with E-state index in [1.54, 1.807) is 0 Å². The van der Waals surface area contributed by atoms with Crippen molar-refractivity contribution in [2.75, 3.05) is 12.4 Å². The third-order valence-corrected chi connectivity index (χ3v) is 1.97. The summed E-state index contributed by atoms with van der Waals surface area (Å²) in [5.74, 6) is 0.842. The molecule has 0 saturated carbocycles. The predicted octanol–water partition coefficient (Wildman–Crippen LogP) is 2.56. The number of halogens is 1. The number of nitro benzene ring substituents is 1. The Morgan fingerprint density at radius 2 is 2.29 bits per heavy atom. The summed E-state index contributed by atoms with van der Waals surface area (Å²) in [4.78, 5) is 9.93. The first-order valence-corrected chi connectivity index (χ1v) is 4.84. The van der Waals surface area contributed by atoms with Gasteiger partial charge in [0.05, 0.1) is 22.6 Å². The van der Waals surface area contributed by atoms with Crippen molar-refractivity contribution >= 4 is 29.9 Å². The second kappa shape index (κ2) is 5.07. The molecule has 14 heavy (non-hydrogen) atoms. The molecule has 1 aromatic rings. The second-order valence-corrected chi connectivity index (χ2v) is 3.30. The highest BCUT2D eigenvalue weighted by Crippen LogP contribution is 2.28. The summed E-state index contributed by atoms with van der Waals surface area (Å²) in [5.41, 5.74) is -0.0384. The van der Waals surface area contributed by atoms with Gasteiger partial charge in [-0.25, -0.2) is 0 Å². The fraction of sp³-hybridized carbons (Fsp3) is 0.250. The molecule has 0 radical (unpaired) electrons. The van der Waals surface area contributed by atoms with Gasteiger partial charge in [0.1, 0.15) is 5.75 Å². The number of non-ortho nitro benzene ring substituents is 1. The highest BCUT2D eigenvalue weighted by Gasteiger charge is 2.10. The minimum absolute atomic E-state index is 0.0384. The number of ether oxygens (including phenoxy) is 1. The number of rotatable bonds is 4. The summed E-state index contributed by atoms with van der Waals surface area (Å²) in [6.45, 7) is 0.365. The van der Waals surface area contributed by atoms with Crippen molar-refractivity contribution in [3.63, 3.8) is 0 Å². The van der Waals surface area contributed by atoms with Crippen LogP contribution in [0.15, 0.2) is 18.2 Å². The average molecular weight is 234 g/mol. The van der Waals surface area contributed by atoms with Crippen molar-refractivity contribution in [3.8, 4) is 5.75 Å². The van der Waals surface area contributed by atoms with E-state index in [1.807, 2.05) is 0 Å². The van der Waals surface area contributed by atoms with Gasteiger partial charge in [-0.2, -0.15) is 12.6 Å². The van der Waals surface area contributed by atoms with Crippen LogP contribution in [-0.2, 0) is 0 Å². The van der Waals surface area contributed by atoms with Crippen LogP contribution in [0, 0.1) is 10.1 Å². The van der Waals surface area contributed by atoms with Crippen LogP contribution in [0.5, 0.6) is 5.75 Å². The number of nitrogens with zero attached hydrogens (tertiary/aromatic N) is 1. The van der Waals surface area contributed by atoms with Crippen LogP contribution < -0.4 is 4.74 Å². The fourth-order valence-corrected chi connectivity index (χ4v) is 1.14. The minimum atomic E-state index is -0.496. The van der Waals surface area contributed by atoms with E-state index in [0.29, 0.717) is 23.1 Å². The SMILES string of the molecule is O=[N+]([O-])c1ccc(Cl)c(OCCS)c1. The van der Waals surface area contributed by atoms with Crippen LogP contribution >= 0.6 is 24.2 Å². The van der Waals surface area contributed by atoms with Crippen LogP contribution in [0.3, 0.4) is 0 Å². The zero-order valence-electron chi connectivity index (χ0n) is 7.14. The molecular formula is C8H8ClNO3S. The zero-order valence-corrected chi connectivity index (χ0v) is 8.79. The molecule has 1 rings (SSSR count). The molecule has 0 aromatic heterocycles. The number of nitro groups is 1. The van der Waals surface area contributed by atoms with Crippen molar-refractivity contribution in [3.05, 3.63) is 33.3 Å². The van der Waals surface area contributed by atoms with Crippen molar-refractivity contribution in [2.45, 2.75) is 0 Å². The van der Waals surface area contributed by atoms with Gasteiger partial charge in [0.15, 0.2) is 0 Å². The number of hydrogen-bond donors (Lipinski definition) is 1. The summed E-state index contributed by atoms with van der Waals surface area (Å²) in [7, 11) is 0. The monoisotopic (exact) mass is 233 g/mol. The van der Waals surface area contributed by atoms with Crippen molar-refractivity contribution < 1.29 is 9.66 Å². The zero-order chi connectivity index (χ0) is 10.6. The fourth-order valence-electron chi connectivity index (χ4n) is 0.872. The van der Waals surface area contributed by atoms with E-state index in [9.17, 15) is 10.1 Å². The van der Waals surface area contributed by atoms with E-state index in [1.165, 1.54) is 18.2 Å². The van der Waals surface area contributed by atoms with Gasteiger partial charge < -0.3 is 4.74 Å². The van der Waals surface area contributed by atoms with Crippen molar-refractivity contribution in [1.82, 2.24) is 0 Å². The highest BCUT2D eigenvalue weighted by atomic mass is 35.5. The van der Waals surface area contributed by atoms with E-state index in [0.717, 1.165) is 0 Å². The normalized spacial score (nSPS) is 9.86. The quantitative estimate of drug-likeness (QED) is 0.494. The molecule has 0 spiro atoms. The molecule has 0 saturated heterocycles. The summed E-state index contributed by atoms with van der Waals surface area (Å²) < 4.78 is 5.16. The maximum absolute atomic E-state index is 10.4. The molecule has 0 aliphatic carbocycles. The van der Waals surface area contributed by atoms with E-state index in [4.69, 9.17) is 16.3 Å². The lowest BCUT2D eigenvalue weighted by atomic mass is 10.3. The Bertz CT molecular complexity index is 345.